The maximum Gasteiger partial charge on any atom is 0.335 e. The van der Waals surface area contributed by atoms with Crippen LogP contribution in [-0.4, -0.2) is 45.7 Å². The highest BCUT2D eigenvalue weighted by molar-refractivity contribution is 9.10. The second kappa shape index (κ2) is 5.30. The van der Waals surface area contributed by atoms with E-state index in [0.717, 1.165) is 4.47 Å². The molecule has 102 valence electrons. The van der Waals surface area contributed by atoms with Crippen LogP contribution in [-0.2, 0) is 4.79 Å². The minimum atomic E-state index is -1.70. The topological polar surface area (TPSA) is 77.8 Å². The number of rotatable bonds is 2. The number of aliphatic carboxylic acids is 1. The van der Waals surface area contributed by atoms with Gasteiger partial charge in [0.25, 0.3) is 5.91 Å². The Hall–Kier alpha value is -1.40. The number of carboxylic acids is 1. The number of piperidine rings is 1. The molecule has 1 aromatic carbocycles. The second-order valence-corrected chi connectivity index (χ2v) is 5.55. The van der Waals surface area contributed by atoms with Gasteiger partial charge in [0.1, 0.15) is 0 Å². The van der Waals surface area contributed by atoms with Crippen molar-refractivity contribution < 1.29 is 19.8 Å². The highest BCUT2D eigenvalue weighted by Gasteiger charge is 2.40. The van der Waals surface area contributed by atoms with Gasteiger partial charge in [0.05, 0.1) is 0 Å². The molecule has 1 aliphatic rings. The van der Waals surface area contributed by atoms with Gasteiger partial charge in [-0.15, -0.1) is 0 Å². The van der Waals surface area contributed by atoms with E-state index in [2.05, 4.69) is 15.9 Å². The van der Waals surface area contributed by atoms with Crippen LogP contribution in [0.15, 0.2) is 28.7 Å². The predicted molar refractivity (Wildman–Crippen MR) is 71.9 cm³/mol. The van der Waals surface area contributed by atoms with Crippen LogP contribution in [0.25, 0.3) is 0 Å². The Balaban J connectivity index is 2.06. The zero-order valence-electron chi connectivity index (χ0n) is 10.2. The van der Waals surface area contributed by atoms with Crippen LogP contribution in [0.4, 0.5) is 0 Å². The van der Waals surface area contributed by atoms with Crippen LogP contribution in [0.5, 0.6) is 0 Å². The molecular weight excluding hydrogens is 314 g/mol. The average molecular weight is 328 g/mol. The summed E-state index contributed by atoms with van der Waals surface area (Å²) in [5.74, 6) is -1.37. The third-order valence-corrected chi connectivity index (χ3v) is 3.84. The second-order valence-electron chi connectivity index (χ2n) is 4.64. The van der Waals surface area contributed by atoms with Crippen molar-refractivity contribution in [1.82, 2.24) is 4.90 Å². The quantitative estimate of drug-likeness (QED) is 0.862. The molecule has 1 saturated heterocycles. The molecule has 6 heteroatoms. The molecule has 19 heavy (non-hydrogen) atoms. The van der Waals surface area contributed by atoms with Crippen LogP contribution in [0, 0.1) is 0 Å². The number of nitrogens with zero attached hydrogens (tertiary/aromatic N) is 1. The lowest BCUT2D eigenvalue weighted by molar-refractivity contribution is -0.162. The number of carbonyl (C=O) groups is 2. The van der Waals surface area contributed by atoms with E-state index in [4.69, 9.17) is 5.11 Å². The molecule has 0 aromatic heterocycles. The van der Waals surface area contributed by atoms with Crippen LogP contribution in [0.2, 0.25) is 0 Å². The zero-order valence-corrected chi connectivity index (χ0v) is 11.8. The Morgan fingerprint density at radius 2 is 1.89 bits per heavy atom. The van der Waals surface area contributed by atoms with Gasteiger partial charge in [-0.3, -0.25) is 4.79 Å². The van der Waals surface area contributed by atoms with E-state index >= 15 is 0 Å². The van der Waals surface area contributed by atoms with Crippen molar-refractivity contribution in [2.24, 2.45) is 0 Å². The van der Waals surface area contributed by atoms with Gasteiger partial charge in [0, 0.05) is 36.0 Å². The summed E-state index contributed by atoms with van der Waals surface area (Å²) in [6.45, 7) is 0.488. The molecule has 1 aliphatic heterocycles. The van der Waals surface area contributed by atoms with Crippen molar-refractivity contribution in [3.8, 4) is 0 Å². The monoisotopic (exact) mass is 327 g/mol. The molecule has 1 heterocycles. The first-order valence-electron chi connectivity index (χ1n) is 5.93. The Morgan fingerprint density at radius 1 is 1.26 bits per heavy atom. The third kappa shape index (κ3) is 2.96. The van der Waals surface area contributed by atoms with Gasteiger partial charge in [0.15, 0.2) is 5.60 Å². The molecule has 1 aromatic rings. The first kappa shape index (κ1) is 14.0. The van der Waals surface area contributed by atoms with Crippen molar-refractivity contribution in [3.63, 3.8) is 0 Å². The van der Waals surface area contributed by atoms with Crippen LogP contribution >= 0.6 is 15.9 Å². The van der Waals surface area contributed by atoms with Crippen LogP contribution in [0.1, 0.15) is 23.2 Å². The maximum absolute atomic E-state index is 12.2. The number of aliphatic hydroxyl groups is 1. The lowest BCUT2D eigenvalue weighted by atomic mass is 9.91. The summed E-state index contributed by atoms with van der Waals surface area (Å²) in [5, 5.41) is 18.7. The Bertz CT molecular complexity index is 509. The number of hydrogen-bond donors (Lipinski definition) is 2. The molecule has 1 fully saturated rings. The Morgan fingerprint density at radius 3 is 2.42 bits per heavy atom. The van der Waals surface area contributed by atoms with E-state index in [9.17, 15) is 14.7 Å². The summed E-state index contributed by atoms with van der Waals surface area (Å²) in [7, 11) is 0. The minimum Gasteiger partial charge on any atom is -0.479 e. The number of carbonyl (C=O) groups excluding carboxylic acids is 1. The Labute approximate surface area is 119 Å². The first-order valence-corrected chi connectivity index (χ1v) is 6.72. The Kier molecular flexibility index (Phi) is 3.91. The fraction of sp³-hybridized carbons (Fsp3) is 0.385. The van der Waals surface area contributed by atoms with Crippen LogP contribution in [0.3, 0.4) is 0 Å². The summed E-state index contributed by atoms with van der Waals surface area (Å²) in [4.78, 5) is 24.7. The van der Waals surface area contributed by atoms with Gasteiger partial charge in [-0.1, -0.05) is 22.0 Å². The van der Waals surface area contributed by atoms with E-state index in [0.29, 0.717) is 5.56 Å². The molecule has 0 saturated carbocycles. The standard InChI is InChI=1S/C13H14BrNO4/c14-10-3-1-2-9(8-10)11(16)15-6-4-13(19,5-7-15)12(17)18/h1-3,8,19H,4-7H2,(H,17,18). The van der Waals surface area contributed by atoms with Gasteiger partial charge < -0.3 is 15.1 Å². The normalized spacial score (nSPS) is 18.1. The summed E-state index contributed by atoms with van der Waals surface area (Å²) < 4.78 is 0.817. The van der Waals surface area contributed by atoms with E-state index in [1.54, 1.807) is 23.1 Å². The van der Waals surface area contributed by atoms with E-state index in [1.165, 1.54) is 0 Å². The van der Waals surface area contributed by atoms with Crippen molar-refractivity contribution in [2.75, 3.05) is 13.1 Å². The first-order chi connectivity index (χ1) is 8.92. The summed E-state index contributed by atoms with van der Waals surface area (Å²) in [6, 6.07) is 7.04. The van der Waals surface area contributed by atoms with Gasteiger partial charge >= 0.3 is 5.97 Å². The molecule has 0 bridgehead atoms. The number of likely N-dealkylation sites (tertiary alicyclic amines) is 1. The molecule has 1 amide bonds. The number of hydrogen-bond acceptors (Lipinski definition) is 3. The molecule has 2 N–H and O–H groups in total. The molecule has 2 rings (SSSR count). The van der Waals surface area contributed by atoms with Crippen molar-refractivity contribution >= 4 is 27.8 Å². The zero-order chi connectivity index (χ0) is 14.0. The van der Waals surface area contributed by atoms with Crippen molar-refractivity contribution in [3.05, 3.63) is 34.3 Å². The maximum atomic E-state index is 12.2. The number of amides is 1. The summed E-state index contributed by atoms with van der Waals surface area (Å²) in [5.41, 5.74) is -1.15. The lowest BCUT2D eigenvalue weighted by Crippen LogP contribution is -2.50. The van der Waals surface area contributed by atoms with Gasteiger partial charge in [-0.25, -0.2) is 4.79 Å². The average Bonchev–Trinajstić information content (AvgIpc) is 2.38. The molecule has 5 nitrogen and oxygen atoms in total. The molecule has 0 radical (unpaired) electrons. The molecule has 0 spiro atoms. The highest BCUT2D eigenvalue weighted by atomic mass is 79.9. The summed E-state index contributed by atoms with van der Waals surface area (Å²) >= 11 is 3.30. The van der Waals surface area contributed by atoms with E-state index in [-0.39, 0.29) is 31.8 Å². The highest BCUT2D eigenvalue weighted by Crippen LogP contribution is 2.24. The number of benzene rings is 1. The fourth-order valence-corrected chi connectivity index (χ4v) is 2.50. The third-order valence-electron chi connectivity index (χ3n) is 3.35. The minimum absolute atomic E-state index is 0.0576. The van der Waals surface area contributed by atoms with Gasteiger partial charge in [-0.05, 0) is 18.2 Å². The van der Waals surface area contributed by atoms with Gasteiger partial charge in [-0.2, -0.15) is 0 Å². The van der Waals surface area contributed by atoms with Crippen LogP contribution < -0.4 is 0 Å². The molecule has 0 atom stereocenters. The SMILES string of the molecule is O=C(c1cccc(Br)c1)N1CCC(O)(C(=O)O)CC1. The van der Waals surface area contributed by atoms with Crippen molar-refractivity contribution in [2.45, 2.75) is 18.4 Å². The van der Waals surface area contributed by atoms with Crippen molar-refractivity contribution in [1.29, 1.82) is 0 Å². The molecular formula is C13H14BrNO4. The molecule has 0 unspecified atom stereocenters. The predicted octanol–water partition coefficient (Wildman–Crippen LogP) is 1.50. The fourth-order valence-electron chi connectivity index (χ4n) is 2.10. The van der Waals surface area contributed by atoms with E-state index in [1.807, 2.05) is 6.07 Å². The van der Waals surface area contributed by atoms with Gasteiger partial charge in [0.2, 0.25) is 0 Å². The number of carboxylic acid groups (broad SMARTS) is 1. The largest absolute Gasteiger partial charge is 0.479 e. The summed E-state index contributed by atoms with van der Waals surface area (Å²) in [6.07, 6.45) is 0.115. The van der Waals surface area contributed by atoms with E-state index < -0.39 is 11.6 Å². The number of halogens is 1. The molecule has 0 aliphatic carbocycles. The lowest BCUT2D eigenvalue weighted by Gasteiger charge is -2.35. The smallest absolute Gasteiger partial charge is 0.335 e.